The molecule has 0 aromatic heterocycles. The standard InChI is InChI=1S/C13H20O/c1-6-14-13-8-10(4)12(9(2)3)7-11(13)5/h7-9H,6H2,1-5H3. The highest BCUT2D eigenvalue weighted by Crippen LogP contribution is 2.27. The molecule has 0 saturated heterocycles. The molecular weight excluding hydrogens is 172 g/mol. The Morgan fingerprint density at radius 3 is 2.29 bits per heavy atom. The van der Waals surface area contributed by atoms with Crippen molar-refractivity contribution in [2.75, 3.05) is 6.61 Å². The van der Waals surface area contributed by atoms with Crippen molar-refractivity contribution >= 4 is 0 Å². The van der Waals surface area contributed by atoms with Crippen molar-refractivity contribution in [2.45, 2.75) is 40.5 Å². The zero-order valence-electron chi connectivity index (χ0n) is 9.85. The molecule has 14 heavy (non-hydrogen) atoms. The summed E-state index contributed by atoms with van der Waals surface area (Å²) in [5.41, 5.74) is 3.99. The fourth-order valence-corrected chi connectivity index (χ4v) is 1.75. The van der Waals surface area contributed by atoms with Crippen LogP contribution in [0, 0.1) is 13.8 Å². The first-order valence-electron chi connectivity index (χ1n) is 5.30. The molecule has 1 aromatic rings. The molecule has 0 heterocycles. The quantitative estimate of drug-likeness (QED) is 0.707. The molecule has 0 aliphatic heterocycles. The van der Waals surface area contributed by atoms with Crippen LogP contribution >= 0.6 is 0 Å². The van der Waals surface area contributed by atoms with E-state index >= 15 is 0 Å². The molecule has 1 rings (SSSR count). The minimum atomic E-state index is 0.587. The van der Waals surface area contributed by atoms with Crippen LogP contribution in [0.5, 0.6) is 5.75 Å². The summed E-state index contributed by atoms with van der Waals surface area (Å²) in [7, 11) is 0. The van der Waals surface area contributed by atoms with E-state index in [9.17, 15) is 0 Å². The number of rotatable bonds is 3. The molecule has 0 atom stereocenters. The maximum absolute atomic E-state index is 5.55. The van der Waals surface area contributed by atoms with Crippen LogP contribution in [-0.4, -0.2) is 6.61 Å². The normalized spacial score (nSPS) is 10.7. The molecule has 1 aromatic carbocycles. The summed E-state index contributed by atoms with van der Waals surface area (Å²) in [6.07, 6.45) is 0. The molecular formula is C13H20O. The van der Waals surface area contributed by atoms with Crippen LogP contribution in [0.1, 0.15) is 43.4 Å². The number of ether oxygens (including phenoxy) is 1. The Morgan fingerprint density at radius 2 is 1.79 bits per heavy atom. The Labute approximate surface area is 87.1 Å². The van der Waals surface area contributed by atoms with Gasteiger partial charge in [-0.05, 0) is 49.4 Å². The van der Waals surface area contributed by atoms with Gasteiger partial charge in [0.15, 0.2) is 0 Å². The van der Waals surface area contributed by atoms with E-state index in [2.05, 4.69) is 39.8 Å². The van der Waals surface area contributed by atoms with Gasteiger partial charge < -0.3 is 4.74 Å². The lowest BCUT2D eigenvalue weighted by Gasteiger charge is -2.14. The Kier molecular flexibility index (Phi) is 3.56. The first kappa shape index (κ1) is 11.1. The van der Waals surface area contributed by atoms with Gasteiger partial charge in [0, 0.05) is 0 Å². The molecule has 0 saturated carbocycles. The van der Waals surface area contributed by atoms with Crippen LogP contribution in [0.4, 0.5) is 0 Å². The minimum Gasteiger partial charge on any atom is -0.494 e. The van der Waals surface area contributed by atoms with Crippen LogP contribution in [0.2, 0.25) is 0 Å². The Bertz CT molecular complexity index is 313. The Balaban J connectivity index is 3.10. The van der Waals surface area contributed by atoms with E-state index in [4.69, 9.17) is 4.74 Å². The second kappa shape index (κ2) is 4.50. The van der Waals surface area contributed by atoms with Gasteiger partial charge in [0.1, 0.15) is 5.75 Å². The van der Waals surface area contributed by atoms with E-state index in [1.807, 2.05) is 6.92 Å². The second-order valence-corrected chi connectivity index (χ2v) is 4.06. The van der Waals surface area contributed by atoms with Gasteiger partial charge in [0.05, 0.1) is 6.61 Å². The molecule has 1 nitrogen and oxygen atoms in total. The highest BCUT2D eigenvalue weighted by Gasteiger charge is 2.07. The second-order valence-electron chi connectivity index (χ2n) is 4.06. The number of hydrogen-bond acceptors (Lipinski definition) is 1. The monoisotopic (exact) mass is 192 g/mol. The first-order chi connectivity index (χ1) is 6.56. The van der Waals surface area contributed by atoms with E-state index < -0.39 is 0 Å². The molecule has 78 valence electrons. The van der Waals surface area contributed by atoms with Crippen molar-refractivity contribution in [3.05, 3.63) is 28.8 Å². The van der Waals surface area contributed by atoms with Gasteiger partial charge in [-0.2, -0.15) is 0 Å². The Morgan fingerprint density at radius 1 is 1.14 bits per heavy atom. The van der Waals surface area contributed by atoms with Crippen LogP contribution < -0.4 is 4.74 Å². The maximum Gasteiger partial charge on any atom is 0.122 e. The zero-order chi connectivity index (χ0) is 10.7. The highest BCUT2D eigenvalue weighted by molar-refractivity contribution is 5.42. The van der Waals surface area contributed by atoms with Gasteiger partial charge >= 0.3 is 0 Å². The number of aryl methyl sites for hydroxylation is 2. The molecule has 0 aliphatic carbocycles. The van der Waals surface area contributed by atoms with Crippen LogP contribution in [0.15, 0.2) is 12.1 Å². The topological polar surface area (TPSA) is 9.23 Å². The fraction of sp³-hybridized carbons (Fsp3) is 0.538. The van der Waals surface area contributed by atoms with Crippen molar-refractivity contribution in [1.82, 2.24) is 0 Å². The minimum absolute atomic E-state index is 0.587. The highest BCUT2D eigenvalue weighted by atomic mass is 16.5. The van der Waals surface area contributed by atoms with Crippen LogP contribution in [0.25, 0.3) is 0 Å². The third kappa shape index (κ3) is 2.28. The molecule has 0 radical (unpaired) electrons. The smallest absolute Gasteiger partial charge is 0.122 e. The molecule has 0 unspecified atom stereocenters. The molecule has 1 heteroatoms. The van der Waals surface area contributed by atoms with Crippen molar-refractivity contribution in [3.63, 3.8) is 0 Å². The lowest BCUT2D eigenvalue weighted by atomic mass is 9.95. The lowest BCUT2D eigenvalue weighted by molar-refractivity contribution is 0.337. The molecule has 0 N–H and O–H groups in total. The average molecular weight is 192 g/mol. The van der Waals surface area contributed by atoms with Crippen molar-refractivity contribution in [3.8, 4) is 5.75 Å². The van der Waals surface area contributed by atoms with Gasteiger partial charge in [-0.15, -0.1) is 0 Å². The lowest BCUT2D eigenvalue weighted by Crippen LogP contribution is -1.98. The number of benzene rings is 1. The van der Waals surface area contributed by atoms with E-state index in [1.54, 1.807) is 0 Å². The van der Waals surface area contributed by atoms with Crippen molar-refractivity contribution < 1.29 is 4.74 Å². The molecule has 0 spiro atoms. The molecule has 0 bridgehead atoms. The van der Waals surface area contributed by atoms with Gasteiger partial charge in [-0.25, -0.2) is 0 Å². The van der Waals surface area contributed by atoms with E-state index in [0.717, 1.165) is 12.4 Å². The average Bonchev–Trinajstić information content (AvgIpc) is 2.10. The zero-order valence-corrected chi connectivity index (χ0v) is 9.85. The largest absolute Gasteiger partial charge is 0.494 e. The maximum atomic E-state index is 5.55. The third-order valence-electron chi connectivity index (χ3n) is 2.49. The SMILES string of the molecule is CCOc1cc(C)c(C(C)C)cc1C. The van der Waals surface area contributed by atoms with Crippen molar-refractivity contribution in [1.29, 1.82) is 0 Å². The molecule has 0 aliphatic rings. The summed E-state index contributed by atoms with van der Waals surface area (Å²) >= 11 is 0. The van der Waals surface area contributed by atoms with Gasteiger partial charge in [-0.3, -0.25) is 0 Å². The number of hydrogen-bond donors (Lipinski definition) is 0. The van der Waals surface area contributed by atoms with Gasteiger partial charge in [-0.1, -0.05) is 19.9 Å². The van der Waals surface area contributed by atoms with E-state index in [1.165, 1.54) is 16.7 Å². The predicted octanol–water partition coefficient (Wildman–Crippen LogP) is 3.83. The van der Waals surface area contributed by atoms with E-state index in [-0.39, 0.29) is 0 Å². The molecule has 0 fully saturated rings. The summed E-state index contributed by atoms with van der Waals surface area (Å²) in [6, 6.07) is 4.39. The summed E-state index contributed by atoms with van der Waals surface area (Å²) in [6.45, 7) is 11.5. The third-order valence-corrected chi connectivity index (χ3v) is 2.49. The Hall–Kier alpha value is -0.980. The summed E-state index contributed by atoms with van der Waals surface area (Å²) < 4.78 is 5.55. The fourth-order valence-electron chi connectivity index (χ4n) is 1.75. The summed E-state index contributed by atoms with van der Waals surface area (Å²) in [5, 5.41) is 0. The van der Waals surface area contributed by atoms with Gasteiger partial charge in [0.25, 0.3) is 0 Å². The van der Waals surface area contributed by atoms with Crippen molar-refractivity contribution in [2.24, 2.45) is 0 Å². The first-order valence-corrected chi connectivity index (χ1v) is 5.30. The van der Waals surface area contributed by atoms with Crippen LogP contribution in [-0.2, 0) is 0 Å². The predicted molar refractivity (Wildman–Crippen MR) is 61.2 cm³/mol. The van der Waals surface area contributed by atoms with Crippen LogP contribution in [0.3, 0.4) is 0 Å². The van der Waals surface area contributed by atoms with E-state index in [0.29, 0.717) is 5.92 Å². The summed E-state index contributed by atoms with van der Waals surface area (Å²) in [5.74, 6) is 1.61. The molecule has 0 amide bonds. The van der Waals surface area contributed by atoms with Gasteiger partial charge in [0.2, 0.25) is 0 Å². The summed E-state index contributed by atoms with van der Waals surface area (Å²) in [4.78, 5) is 0.